The molecule has 1 fully saturated rings. The molecule has 1 saturated carbocycles. The van der Waals surface area contributed by atoms with Gasteiger partial charge in [0.05, 0.1) is 34.6 Å². The van der Waals surface area contributed by atoms with Gasteiger partial charge in [0.2, 0.25) is 5.91 Å². The number of hydrogen-bond acceptors (Lipinski definition) is 6. The van der Waals surface area contributed by atoms with Gasteiger partial charge in [-0.1, -0.05) is 43.1 Å². The standard InChI is InChI=1S/C26H29Cl2N3O7/c1-25(2)15(8-9-26(25,3)24(36)37)21(33)29-18(14-19(32)38-4)22(34)30-10-12-31(13-11-30)23(35)20-16(27)6-5-7-17(20)28/h5-7,10-13,15,18H,8-9,14H2,1-4H3,(H,29,33)(H,36,37)/t15-,18+,26-/m0/s1. The molecule has 10 nitrogen and oxygen atoms in total. The van der Waals surface area contributed by atoms with Crippen LogP contribution >= 0.6 is 23.2 Å². The van der Waals surface area contributed by atoms with Gasteiger partial charge in [-0.15, -0.1) is 0 Å². The third-order valence-electron chi connectivity index (χ3n) is 7.67. The normalized spacial score (nSPS) is 22.6. The Balaban J connectivity index is 1.77. The van der Waals surface area contributed by atoms with Gasteiger partial charge in [-0.2, -0.15) is 0 Å². The number of carboxylic acid groups (broad SMARTS) is 1. The third kappa shape index (κ3) is 5.42. The van der Waals surface area contributed by atoms with Crippen LogP contribution in [0, 0.1) is 16.7 Å². The lowest BCUT2D eigenvalue weighted by molar-refractivity contribution is -0.155. The highest BCUT2D eigenvalue weighted by Gasteiger charge is 2.58. The van der Waals surface area contributed by atoms with E-state index in [1.165, 1.54) is 41.8 Å². The van der Waals surface area contributed by atoms with Crippen LogP contribution in [0.4, 0.5) is 0 Å². The van der Waals surface area contributed by atoms with Crippen LogP contribution in [0.1, 0.15) is 50.4 Å². The first kappa shape index (κ1) is 29.2. The first-order chi connectivity index (χ1) is 17.7. The van der Waals surface area contributed by atoms with Crippen LogP contribution in [0.3, 0.4) is 0 Å². The van der Waals surface area contributed by atoms with Crippen molar-refractivity contribution in [2.75, 3.05) is 7.11 Å². The molecule has 1 aliphatic carbocycles. The molecular formula is C26H29Cl2N3O7. The zero-order chi connectivity index (χ0) is 28.4. The fraction of sp³-hybridized carbons (Fsp3) is 0.423. The summed E-state index contributed by atoms with van der Waals surface area (Å²) < 4.78 is 4.70. The number of aliphatic carboxylic acids is 1. The minimum absolute atomic E-state index is 0.0910. The average Bonchev–Trinajstić information content (AvgIpc) is 3.12. The van der Waals surface area contributed by atoms with Crippen molar-refractivity contribution in [2.24, 2.45) is 16.7 Å². The predicted octanol–water partition coefficient (Wildman–Crippen LogP) is 3.80. The zero-order valence-electron chi connectivity index (χ0n) is 21.4. The number of nitrogens with one attached hydrogen (secondary N) is 1. The van der Waals surface area contributed by atoms with Gasteiger partial charge in [0.1, 0.15) is 6.04 Å². The highest BCUT2D eigenvalue weighted by Crippen LogP contribution is 2.56. The second-order valence-electron chi connectivity index (χ2n) is 9.94. The highest BCUT2D eigenvalue weighted by molar-refractivity contribution is 6.39. The monoisotopic (exact) mass is 565 g/mol. The Hall–Kier alpha value is -3.37. The molecule has 1 aromatic rings. The maximum absolute atomic E-state index is 13.3. The van der Waals surface area contributed by atoms with Crippen molar-refractivity contribution >= 4 is 52.9 Å². The van der Waals surface area contributed by atoms with Gasteiger partial charge in [0.25, 0.3) is 11.8 Å². The largest absolute Gasteiger partial charge is 0.481 e. The summed E-state index contributed by atoms with van der Waals surface area (Å²) in [4.78, 5) is 65.7. The summed E-state index contributed by atoms with van der Waals surface area (Å²) in [6, 6.07) is 3.36. The van der Waals surface area contributed by atoms with E-state index in [0.717, 1.165) is 12.0 Å². The number of amides is 3. The molecular weight excluding hydrogens is 537 g/mol. The maximum atomic E-state index is 13.3. The number of carbonyl (C=O) groups is 5. The molecule has 204 valence electrons. The number of benzene rings is 1. The van der Waals surface area contributed by atoms with Gasteiger partial charge in [-0.25, -0.2) is 0 Å². The van der Waals surface area contributed by atoms with E-state index in [4.69, 9.17) is 27.9 Å². The maximum Gasteiger partial charge on any atom is 0.309 e. The summed E-state index contributed by atoms with van der Waals surface area (Å²) in [6.45, 7) is 5.02. The Bertz CT molecular complexity index is 1190. The van der Waals surface area contributed by atoms with Crippen LogP contribution in [0.2, 0.25) is 10.0 Å². The van der Waals surface area contributed by atoms with E-state index in [1.54, 1.807) is 26.8 Å². The predicted molar refractivity (Wildman–Crippen MR) is 139 cm³/mol. The van der Waals surface area contributed by atoms with E-state index in [9.17, 15) is 29.1 Å². The van der Waals surface area contributed by atoms with Gasteiger partial charge in [0.15, 0.2) is 0 Å². The summed E-state index contributed by atoms with van der Waals surface area (Å²) in [5.74, 6) is -4.13. The molecule has 0 saturated heterocycles. The van der Waals surface area contributed by atoms with E-state index < -0.39 is 58.9 Å². The molecule has 0 aromatic heterocycles. The molecule has 38 heavy (non-hydrogen) atoms. The van der Waals surface area contributed by atoms with Crippen LogP contribution in [-0.4, -0.2) is 57.7 Å². The minimum Gasteiger partial charge on any atom is -0.481 e. The summed E-state index contributed by atoms with van der Waals surface area (Å²) in [7, 11) is 1.16. The SMILES string of the molecule is COC(=O)C[C@@H](NC(=O)[C@@H]1CC[C@@](C)(C(=O)O)C1(C)C)C(=O)N1C=CN(C(=O)c2c(Cl)cccc2Cl)C=C1. The Morgan fingerprint density at radius 3 is 2.11 bits per heavy atom. The molecule has 3 amide bonds. The van der Waals surface area contributed by atoms with Gasteiger partial charge in [0, 0.05) is 30.7 Å². The lowest BCUT2D eigenvalue weighted by Gasteiger charge is -2.38. The highest BCUT2D eigenvalue weighted by atomic mass is 35.5. The van der Waals surface area contributed by atoms with Gasteiger partial charge >= 0.3 is 11.9 Å². The molecule has 3 rings (SSSR count). The second kappa shape index (κ2) is 11.2. The summed E-state index contributed by atoms with van der Waals surface area (Å²) in [5, 5.41) is 12.7. The minimum atomic E-state index is -1.29. The Kier molecular flexibility index (Phi) is 8.58. The smallest absolute Gasteiger partial charge is 0.309 e. The summed E-state index contributed by atoms with van der Waals surface area (Å²) in [5.41, 5.74) is -1.95. The molecule has 1 aromatic carbocycles. The lowest BCUT2D eigenvalue weighted by atomic mass is 9.65. The number of esters is 1. The number of carboxylic acids is 1. The number of nitrogens with zero attached hydrogens (tertiary/aromatic N) is 2. The lowest BCUT2D eigenvalue weighted by Crippen LogP contribution is -2.52. The molecule has 0 unspecified atom stereocenters. The number of ether oxygens (including phenoxy) is 1. The van der Waals surface area contributed by atoms with E-state index in [1.807, 2.05) is 0 Å². The van der Waals surface area contributed by atoms with Gasteiger partial charge in [-0.05, 0) is 37.3 Å². The number of hydrogen-bond donors (Lipinski definition) is 2. The van der Waals surface area contributed by atoms with Crippen molar-refractivity contribution in [2.45, 2.75) is 46.1 Å². The van der Waals surface area contributed by atoms with Gasteiger partial charge < -0.3 is 15.2 Å². The molecule has 0 bridgehead atoms. The van der Waals surface area contributed by atoms with Crippen molar-refractivity contribution in [3.63, 3.8) is 0 Å². The van der Waals surface area contributed by atoms with Crippen molar-refractivity contribution in [1.82, 2.24) is 15.1 Å². The summed E-state index contributed by atoms with van der Waals surface area (Å²) in [6.07, 6.45) is 5.38. The van der Waals surface area contributed by atoms with Crippen molar-refractivity contribution < 1.29 is 33.8 Å². The van der Waals surface area contributed by atoms with Crippen molar-refractivity contribution in [3.8, 4) is 0 Å². The third-order valence-corrected chi connectivity index (χ3v) is 8.30. The van der Waals surface area contributed by atoms with E-state index in [-0.39, 0.29) is 15.6 Å². The first-order valence-corrected chi connectivity index (χ1v) is 12.6. The molecule has 1 heterocycles. The van der Waals surface area contributed by atoms with Crippen LogP contribution in [0.15, 0.2) is 43.0 Å². The van der Waals surface area contributed by atoms with E-state index in [0.29, 0.717) is 12.8 Å². The Labute approximate surface area is 230 Å². The molecule has 0 spiro atoms. The molecule has 2 N–H and O–H groups in total. The Morgan fingerprint density at radius 1 is 1.05 bits per heavy atom. The fourth-order valence-corrected chi connectivity index (χ4v) is 5.30. The average molecular weight is 566 g/mol. The van der Waals surface area contributed by atoms with Crippen molar-refractivity contribution in [1.29, 1.82) is 0 Å². The molecule has 2 aliphatic rings. The number of carbonyl (C=O) groups excluding carboxylic acids is 4. The first-order valence-electron chi connectivity index (χ1n) is 11.8. The number of halogens is 2. The number of rotatable bonds is 7. The van der Waals surface area contributed by atoms with E-state index in [2.05, 4.69) is 5.32 Å². The van der Waals surface area contributed by atoms with E-state index >= 15 is 0 Å². The quantitative estimate of drug-likeness (QED) is 0.480. The topological polar surface area (TPSA) is 133 Å². The Morgan fingerprint density at radius 2 is 1.61 bits per heavy atom. The second-order valence-corrected chi connectivity index (χ2v) is 10.8. The fourth-order valence-electron chi connectivity index (χ4n) is 4.74. The van der Waals surface area contributed by atoms with Crippen LogP contribution in [-0.2, 0) is 23.9 Å². The molecule has 3 atom stereocenters. The van der Waals surface area contributed by atoms with Gasteiger partial charge in [-0.3, -0.25) is 33.8 Å². The van der Waals surface area contributed by atoms with Crippen molar-refractivity contribution in [3.05, 3.63) is 58.6 Å². The molecule has 0 radical (unpaired) electrons. The van der Waals surface area contributed by atoms with Crippen LogP contribution in [0.5, 0.6) is 0 Å². The number of methoxy groups -OCH3 is 1. The zero-order valence-corrected chi connectivity index (χ0v) is 22.9. The summed E-state index contributed by atoms with van der Waals surface area (Å²) >= 11 is 12.2. The molecule has 1 aliphatic heterocycles. The molecule has 12 heteroatoms. The van der Waals surface area contributed by atoms with Crippen LogP contribution < -0.4 is 5.32 Å². The van der Waals surface area contributed by atoms with Crippen LogP contribution in [0.25, 0.3) is 0 Å².